The number of carbonyl (C=O) groups excluding carboxylic acids is 1. The molecule has 0 aromatic carbocycles. The molecule has 0 bridgehead atoms. The van der Waals surface area contributed by atoms with Crippen molar-refractivity contribution in [1.29, 1.82) is 0 Å². The van der Waals surface area contributed by atoms with E-state index in [9.17, 15) is 4.79 Å². The lowest BCUT2D eigenvalue weighted by molar-refractivity contribution is -0.134. The Morgan fingerprint density at radius 2 is 2.32 bits per heavy atom. The lowest BCUT2D eigenvalue weighted by Gasteiger charge is -2.34. The van der Waals surface area contributed by atoms with Crippen molar-refractivity contribution >= 4 is 17.2 Å². The summed E-state index contributed by atoms with van der Waals surface area (Å²) in [6.07, 6.45) is 2.67. The lowest BCUT2D eigenvalue weighted by atomic mass is 10.1. The van der Waals surface area contributed by atoms with Gasteiger partial charge in [0.25, 0.3) is 0 Å². The Morgan fingerprint density at radius 1 is 1.53 bits per heavy atom. The summed E-state index contributed by atoms with van der Waals surface area (Å²) >= 11 is 1.85. The summed E-state index contributed by atoms with van der Waals surface area (Å²) in [5.74, 6) is 0.318. The molecule has 1 N–H and O–H groups in total. The maximum absolute atomic E-state index is 12.2. The Hall–Kier alpha value is -0.870. The minimum Gasteiger partial charge on any atom is -0.337 e. The number of hydrogen-bond acceptors (Lipinski definition) is 3. The molecule has 0 spiro atoms. The largest absolute Gasteiger partial charge is 0.337 e. The molecule has 3 nitrogen and oxygen atoms in total. The lowest BCUT2D eigenvalue weighted by Crippen LogP contribution is -2.52. The van der Waals surface area contributed by atoms with Gasteiger partial charge in [-0.15, -0.1) is 11.3 Å². The molecule has 1 aromatic heterocycles. The van der Waals surface area contributed by atoms with Crippen LogP contribution in [-0.2, 0) is 11.2 Å². The van der Waals surface area contributed by atoms with Crippen molar-refractivity contribution < 1.29 is 4.79 Å². The van der Waals surface area contributed by atoms with Gasteiger partial charge in [0.05, 0.1) is 0 Å². The molecule has 19 heavy (non-hydrogen) atoms. The van der Waals surface area contributed by atoms with E-state index in [1.54, 1.807) is 0 Å². The number of thiophene rings is 1. The van der Waals surface area contributed by atoms with Crippen LogP contribution in [0.3, 0.4) is 0 Å². The molecule has 1 aromatic rings. The Kier molecular flexibility index (Phi) is 4.99. The van der Waals surface area contributed by atoms with Gasteiger partial charge in [0.2, 0.25) is 5.91 Å². The average molecular weight is 280 g/mol. The number of hydrogen-bond donors (Lipinski definition) is 1. The molecular formula is C15H24N2OS. The topological polar surface area (TPSA) is 32.3 Å². The standard InChI is InChI=1S/C15H24N2OS/c1-11-10-16-7-8-17(11)15(18)6-4-5-14-9-12(2)19-13(14)3/h9,11,16H,4-8,10H2,1-3H3/t11-/m1/s1. The van der Waals surface area contributed by atoms with Crippen LogP contribution in [0.2, 0.25) is 0 Å². The number of carbonyl (C=O) groups is 1. The smallest absolute Gasteiger partial charge is 0.222 e. The molecule has 1 atom stereocenters. The molecule has 1 aliphatic rings. The molecule has 4 heteroatoms. The number of amides is 1. The van der Waals surface area contributed by atoms with Crippen LogP contribution >= 0.6 is 11.3 Å². The number of rotatable bonds is 4. The van der Waals surface area contributed by atoms with Gasteiger partial charge in [0, 0.05) is 41.9 Å². The summed E-state index contributed by atoms with van der Waals surface area (Å²) in [6.45, 7) is 9.16. The second-order valence-electron chi connectivity index (χ2n) is 5.43. The van der Waals surface area contributed by atoms with Gasteiger partial charge < -0.3 is 10.2 Å². The van der Waals surface area contributed by atoms with Crippen molar-refractivity contribution in [2.24, 2.45) is 0 Å². The Balaban J connectivity index is 1.79. The molecule has 0 saturated carbocycles. The minimum absolute atomic E-state index is 0.318. The van der Waals surface area contributed by atoms with Gasteiger partial charge in [0.1, 0.15) is 0 Å². The summed E-state index contributed by atoms with van der Waals surface area (Å²) in [5.41, 5.74) is 1.42. The summed E-state index contributed by atoms with van der Waals surface area (Å²) in [5, 5.41) is 3.32. The van der Waals surface area contributed by atoms with E-state index in [0.29, 0.717) is 18.4 Å². The van der Waals surface area contributed by atoms with Crippen molar-refractivity contribution in [3.05, 3.63) is 21.4 Å². The Morgan fingerprint density at radius 3 is 2.95 bits per heavy atom. The van der Waals surface area contributed by atoms with E-state index in [-0.39, 0.29) is 0 Å². The zero-order chi connectivity index (χ0) is 13.8. The first kappa shape index (κ1) is 14.5. The highest BCUT2D eigenvalue weighted by molar-refractivity contribution is 7.12. The summed E-state index contributed by atoms with van der Waals surface area (Å²) in [7, 11) is 0. The normalized spacial score (nSPS) is 19.7. The van der Waals surface area contributed by atoms with Crippen molar-refractivity contribution in [2.75, 3.05) is 19.6 Å². The quantitative estimate of drug-likeness (QED) is 0.919. The molecule has 0 radical (unpaired) electrons. The SMILES string of the molecule is Cc1cc(CCCC(=O)N2CCNC[C@H]2C)c(C)s1. The molecule has 1 aliphatic heterocycles. The van der Waals surface area contributed by atoms with E-state index < -0.39 is 0 Å². The molecule has 0 unspecified atom stereocenters. The van der Waals surface area contributed by atoms with Crippen molar-refractivity contribution in [3.63, 3.8) is 0 Å². The van der Waals surface area contributed by atoms with Gasteiger partial charge in [-0.05, 0) is 45.2 Å². The van der Waals surface area contributed by atoms with Crippen LogP contribution in [0.25, 0.3) is 0 Å². The van der Waals surface area contributed by atoms with Crippen LogP contribution in [0.15, 0.2) is 6.07 Å². The third-order valence-electron chi connectivity index (χ3n) is 3.80. The number of aryl methyl sites for hydroxylation is 3. The number of piperazine rings is 1. The monoisotopic (exact) mass is 280 g/mol. The summed E-state index contributed by atoms with van der Waals surface area (Å²) < 4.78 is 0. The third-order valence-corrected chi connectivity index (χ3v) is 4.81. The van der Waals surface area contributed by atoms with Gasteiger partial charge in [-0.2, -0.15) is 0 Å². The molecule has 1 amide bonds. The third kappa shape index (κ3) is 3.80. The van der Waals surface area contributed by atoms with Crippen molar-refractivity contribution in [3.8, 4) is 0 Å². The highest BCUT2D eigenvalue weighted by Gasteiger charge is 2.22. The zero-order valence-electron chi connectivity index (χ0n) is 12.2. The van der Waals surface area contributed by atoms with Crippen LogP contribution in [0, 0.1) is 13.8 Å². The Bertz CT molecular complexity index is 441. The van der Waals surface area contributed by atoms with E-state index in [0.717, 1.165) is 32.5 Å². The first-order valence-electron chi connectivity index (χ1n) is 7.14. The molecule has 0 aliphatic carbocycles. The van der Waals surface area contributed by atoms with E-state index in [4.69, 9.17) is 0 Å². The Labute approximate surface area is 120 Å². The molecule has 106 valence electrons. The van der Waals surface area contributed by atoms with Crippen LogP contribution < -0.4 is 5.32 Å². The second-order valence-corrected chi connectivity index (χ2v) is 6.89. The highest BCUT2D eigenvalue weighted by atomic mass is 32.1. The van der Waals surface area contributed by atoms with Crippen LogP contribution in [0.1, 0.15) is 35.1 Å². The summed E-state index contributed by atoms with van der Waals surface area (Å²) in [4.78, 5) is 17.0. The van der Waals surface area contributed by atoms with Crippen molar-refractivity contribution in [1.82, 2.24) is 10.2 Å². The molecule has 1 fully saturated rings. The molecule has 1 saturated heterocycles. The zero-order valence-corrected chi connectivity index (χ0v) is 13.0. The van der Waals surface area contributed by atoms with Gasteiger partial charge in [0.15, 0.2) is 0 Å². The number of nitrogens with one attached hydrogen (secondary N) is 1. The van der Waals surface area contributed by atoms with E-state index in [2.05, 4.69) is 32.2 Å². The summed E-state index contributed by atoms with van der Waals surface area (Å²) in [6, 6.07) is 2.60. The van der Waals surface area contributed by atoms with E-state index >= 15 is 0 Å². The van der Waals surface area contributed by atoms with E-state index in [1.807, 2.05) is 16.2 Å². The fourth-order valence-corrected chi connectivity index (χ4v) is 3.69. The first-order chi connectivity index (χ1) is 9.08. The van der Waals surface area contributed by atoms with Crippen molar-refractivity contribution in [2.45, 2.75) is 46.1 Å². The van der Waals surface area contributed by atoms with Gasteiger partial charge >= 0.3 is 0 Å². The molecule has 2 heterocycles. The van der Waals surface area contributed by atoms with E-state index in [1.165, 1.54) is 15.3 Å². The van der Waals surface area contributed by atoms with Gasteiger partial charge in [-0.1, -0.05) is 0 Å². The number of nitrogens with zero attached hydrogens (tertiary/aromatic N) is 1. The average Bonchev–Trinajstić information content (AvgIpc) is 2.68. The van der Waals surface area contributed by atoms with Gasteiger partial charge in [-0.25, -0.2) is 0 Å². The highest BCUT2D eigenvalue weighted by Crippen LogP contribution is 2.22. The minimum atomic E-state index is 0.318. The maximum atomic E-state index is 12.2. The fraction of sp³-hybridized carbons (Fsp3) is 0.667. The van der Waals surface area contributed by atoms with Gasteiger partial charge in [-0.3, -0.25) is 4.79 Å². The first-order valence-corrected chi connectivity index (χ1v) is 7.95. The second kappa shape index (κ2) is 6.53. The van der Waals surface area contributed by atoms with Crippen LogP contribution in [-0.4, -0.2) is 36.5 Å². The van der Waals surface area contributed by atoms with Crippen LogP contribution in [0.5, 0.6) is 0 Å². The maximum Gasteiger partial charge on any atom is 0.222 e. The van der Waals surface area contributed by atoms with Crippen LogP contribution in [0.4, 0.5) is 0 Å². The predicted molar refractivity (Wildman–Crippen MR) is 80.8 cm³/mol. The molecular weight excluding hydrogens is 256 g/mol. The predicted octanol–water partition coefficient (Wildman–Crippen LogP) is 2.51. The molecule has 2 rings (SSSR count). The fourth-order valence-electron chi connectivity index (χ4n) is 2.72.